The summed E-state index contributed by atoms with van der Waals surface area (Å²) in [6, 6.07) is 7.78. The molecule has 3 nitrogen and oxygen atoms in total. The molecule has 1 aliphatic carbocycles. The van der Waals surface area contributed by atoms with Crippen LogP contribution in [0.5, 0.6) is 0 Å². The van der Waals surface area contributed by atoms with Gasteiger partial charge in [-0.2, -0.15) is 0 Å². The van der Waals surface area contributed by atoms with E-state index < -0.39 is 0 Å². The molecule has 1 aromatic carbocycles. The van der Waals surface area contributed by atoms with Crippen molar-refractivity contribution in [3.8, 4) is 0 Å². The molecule has 3 heteroatoms. The van der Waals surface area contributed by atoms with E-state index in [1.807, 2.05) is 24.3 Å². The number of carbonyl (C=O) groups is 1. The Labute approximate surface area is 121 Å². The Morgan fingerprint density at radius 3 is 2.75 bits per heavy atom. The fourth-order valence-corrected chi connectivity index (χ4v) is 2.91. The summed E-state index contributed by atoms with van der Waals surface area (Å²) in [5.74, 6) is 1.56. The van der Waals surface area contributed by atoms with Crippen molar-refractivity contribution in [1.29, 1.82) is 0 Å². The molecule has 0 heterocycles. The van der Waals surface area contributed by atoms with Crippen LogP contribution in [0.1, 0.15) is 48.5 Å². The molecule has 0 unspecified atom stereocenters. The Balaban J connectivity index is 1.83. The SMILES string of the molecule is CC1CCC(CNC(=O)c2cccc(CCN)c2)CC1. The van der Waals surface area contributed by atoms with Crippen LogP contribution in [-0.4, -0.2) is 19.0 Å². The van der Waals surface area contributed by atoms with Gasteiger partial charge in [0.1, 0.15) is 0 Å². The van der Waals surface area contributed by atoms with Crippen LogP contribution in [0.25, 0.3) is 0 Å². The van der Waals surface area contributed by atoms with E-state index in [9.17, 15) is 4.79 Å². The van der Waals surface area contributed by atoms with Crippen molar-refractivity contribution >= 4 is 5.91 Å². The van der Waals surface area contributed by atoms with E-state index in [0.717, 1.165) is 30.0 Å². The zero-order chi connectivity index (χ0) is 14.4. The standard InChI is InChI=1S/C17H26N2O/c1-13-5-7-15(8-6-13)12-19-17(20)16-4-2-3-14(11-16)9-10-18/h2-4,11,13,15H,5-10,12,18H2,1H3,(H,19,20). The normalized spacial score (nSPS) is 22.5. The van der Waals surface area contributed by atoms with Crippen molar-refractivity contribution in [2.45, 2.75) is 39.0 Å². The Kier molecular flexibility index (Phi) is 5.60. The van der Waals surface area contributed by atoms with Gasteiger partial charge in [-0.15, -0.1) is 0 Å². The molecule has 0 atom stereocenters. The van der Waals surface area contributed by atoms with E-state index in [4.69, 9.17) is 5.73 Å². The van der Waals surface area contributed by atoms with Crippen molar-refractivity contribution in [3.05, 3.63) is 35.4 Å². The van der Waals surface area contributed by atoms with Gasteiger partial charge in [-0.05, 0) is 55.3 Å². The van der Waals surface area contributed by atoms with Crippen LogP contribution >= 0.6 is 0 Å². The lowest BCUT2D eigenvalue weighted by molar-refractivity contribution is 0.0942. The van der Waals surface area contributed by atoms with E-state index in [1.54, 1.807) is 0 Å². The fraction of sp³-hybridized carbons (Fsp3) is 0.588. The first-order valence-electron chi connectivity index (χ1n) is 7.76. The highest BCUT2D eigenvalue weighted by Gasteiger charge is 2.18. The minimum Gasteiger partial charge on any atom is -0.352 e. The molecule has 1 fully saturated rings. The molecule has 1 saturated carbocycles. The highest BCUT2D eigenvalue weighted by Crippen LogP contribution is 2.27. The Morgan fingerprint density at radius 1 is 1.30 bits per heavy atom. The maximum atomic E-state index is 12.2. The molecule has 1 aromatic rings. The van der Waals surface area contributed by atoms with Gasteiger partial charge in [0.2, 0.25) is 0 Å². The number of carbonyl (C=O) groups excluding carboxylic acids is 1. The van der Waals surface area contributed by atoms with E-state index >= 15 is 0 Å². The van der Waals surface area contributed by atoms with Crippen molar-refractivity contribution in [2.24, 2.45) is 17.6 Å². The molecule has 0 radical (unpaired) electrons. The summed E-state index contributed by atoms with van der Waals surface area (Å²) in [5.41, 5.74) is 7.43. The fourth-order valence-electron chi connectivity index (χ4n) is 2.91. The highest BCUT2D eigenvalue weighted by atomic mass is 16.1. The van der Waals surface area contributed by atoms with E-state index in [-0.39, 0.29) is 5.91 Å². The first-order chi connectivity index (χ1) is 9.69. The van der Waals surface area contributed by atoms with Crippen molar-refractivity contribution in [2.75, 3.05) is 13.1 Å². The number of hydrogen-bond donors (Lipinski definition) is 2. The number of nitrogens with two attached hydrogens (primary N) is 1. The molecule has 0 aliphatic heterocycles. The Bertz CT molecular complexity index is 436. The van der Waals surface area contributed by atoms with Crippen LogP contribution < -0.4 is 11.1 Å². The molecule has 20 heavy (non-hydrogen) atoms. The van der Waals surface area contributed by atoms with E-state index in [1.165, 1.54) is 25.7 Å². The van der Waals surface area contributed by atoms with Gasteiger partial charge in [-0.3, -0.25) is 4.79 Å². The summed E-state index contributed by atoms with van der Waals surface area (Å²) in [4.78, 5) is 12.2. The van der Waals surface area contributed by atoms with Crippen LogP contribution in [0.15, 0.2) is 24.3 Å². The largest absolute Gasteiger partial charge is 0.352 e. The van der Waals surface area contributed by atoms with Crippen molar-refractivity contribution in [1.82, 2.24) is 5.32 Å². The predicted molar refractivity (Wildman–Crippen MR) is 82.7 cm³/mol. The second-order valence-corrected chi connectivity index (χ2v) is 6.07. The Morgan fingerprint density at radius 2 is 2.05 bits per heavy atom. The van der Waals surface area contributed by atoms with Gasteiger partial charge < -0.3 is 11.1 Å². The van der Waals surface area contributed by atoms with Crippen LogP contribution in [-0.2, 0) is 6.42 Å². The van der Waals surface area contributed by atoms with E-state index in [0.29, 0.717) is 12.5 Å². The van der Waals surface area contributed by atoms with Gasteiger partial charge in [0.25, 0.3) is 5.91 Å². The topological polar surface area (TPSA) is 55.1 Å². The smallest absolute Gasteiger partial charge is 0.251 e. The van der Waals surface area contributed by atoms with E-state index in [2.05, 4.69) is 12.2 Å². The summed E-state index contributed by atoms with van der Waals surface area (Å²) in [5, 5.41) is 3.08. The highest BCUT2D eigenvalue weighted by molar-refractivity contribution is 5.94. The van der Waals surface area contributed by atoms with Gasteiger partial charge in [0, 0.05) is 12.1 Å². The molecule has 2 rings (SSSR count). The summed E-state index contributed by atoms with van der Waals surface area (Å²) >= 11 is 0. The number of rotatable bonds is 5. The maximum absolute atomic E-state index is 12.2. The second kappa shape index (κ2) is 7.44. The van der Waals surface area contributed by atoms with Gasteiger partial charge in [-0.1, -0.05) is 31.9 Å². The number of benzene rings is 1. The molecular weight excluding hydrogens is 248 g/mol. The lowest BCUT2D eigenvalue weighted by atomic mass is 9.83. The first-order valence-corrected chi connectivity index (χ1v) is 7.76. The lowest BCUT2D eigenvalue weighted by Crippen LogP contribution is -2.31. The first kappa shape index (κ1) is 15.0. The van der Waals surface area contributed by atoms with Gasteiger partial charge in [-0.25, -0.2) is 0 Å². The maximum Gasteiger partial charge on any atom is 0.251 e. The molecule has 0 saturated heterocycles. The quantitative estimate of drug-likeness (QED) is 0.867. The molecular formula is C17H26N2O. The van der Waals surface area contributed by atoms with Gasteiger partial charge in [0.05, 0.1) is 0 Å². The monoisotopic (exact) mass is 274 g/mol. The summed E-state index contributed by atoms with van der Waals surface area (Å²) in [6.45, 7) is 3.75. The third-order valence-corrected chi connectivity index (χ3v) is 4.31. The molecule has 1 amide bonds. The Hall–Kier alpha value is -1.35. The molecule has 110 valence electrons. The average Bonchev–Trinajstić information content (AvgIpc) is 2.47. The summed E-state index contributed by atoms with van der Waals surface area (Å²) in [6.07, 6.45) is 5.91. The molecule has 3 N–H and O–H groups in total. The third-order valence-electron chi connectivity index (χ3n) is 4.31. The van der Waals surface area contributed by atoms with Crippen LogP contribution in [0.4, 0.5) is 0 Å². The average molecular weight is 274 g/mol. The van der Waals surface area contributed by atoms with Gasteiger partial charge >= 0.3 is 0 Å². The third kappa shape index (κ3) is 4.34. The zero-order valence-corrected chi connectivity index (χ0v) is 12.4. The molecule has 0 aromatic heterocycles. The minimum absolute atomic E-state index is 0.0440. The predicted octanol–water partition coefficient (Wildman–Crippen LogP) is 2.74. The minimum atomic E-state index is 0.0440. The molecule has 0 spiro atoms. The van der Waals surface area contributed by atoms with Gasteiger partial charge in [0.15, 0.2) is 0 Å². The zero-order valence-electron chi connectivity index (χ0n) is 12.4. The summed E-state index contributed by atoms with van der Waals surface area (Å²) < 4.78 is 0. The lowest BCUT2D eigenvalue weighted by Gasteiger charge is -2.26. The molecule has 0 bridgehead atoms. The number of amides is 1. The van der Waals surface area contributed by atoms with Crippen LogP contribution in [0.3, 0.4) is 0 Å². The van der Waals surface area contributed by atoms with Crippen LogP contribution in [0.2, 0.25) is 0 Å². The number of hydrogen-bond acceptors (Lipinski definition) is 2. The molecule has 1 aliphatic rings. The number of nitrogens with one attached hydrogen (secondary N) is 1. The summed E-state index contributed by atoms with van der Waals surface area (Å²) in [7, 11) is 0. The van der Waals surface area contributed by atoms with Crippen molar-refractivity contribution in [3.63, 3.8) is 0 Å². The van der Waals surface area contributed by atoms with Crippen LogP contribution in [0, 0.1) is 11.8 Å². The van der Waals surface area contributed by atoms with Crippen molar-refractivity contribution < 1.29 is 4.79 Å². The second-order valence-electron chi connectivity index (χ2n) is 6.07.